The Bertz CT molecular complexity index is 635. The van der Waals surface area contributed by atoms with E-state index in [-0.39, 0.29) is 5.84 Å². The Hall–Kier alpha value is -2.02. The normalized spacial score (nSPS) is 11.8. The number of nitrogens with two attached hydrogens (primary N) is 1. The van der Waals surface area contributed by atoms with Gasteiger partial charge in [-0.3, -0.25) is 4.68 Å². The smallest absolute Gasteiger partial charge is 0.170 e. The first-order chi connectivity index (χ1) is 8.99. The molecule has 0 spiro atoms. The maximum atomic E-state index is 8.73. The van der Waals surface area contributed by atoms with Crippen molar-refractivity contribution in [2.75, 3.05) is 0 Å². The van der Waals surface area contributed by atoms with Crippen LogP contribution in [0.1, 0.15) is 17.0 Å². The lowest BCUT2D eigenvalue weighted by Gasteiger charge is -2.05. The average molecular weight is 277 g/mol. The van der Waals surface area contributed by atoms with Crippen LogP contribution in [0.5, 0.6) is 0 Å². The molecule has 2 aromatic rings. The molecule has 0 aromatic carbocycles. The van der Waals surface area contributed by atoms with Crippen molar-refractivity contribution in [2.24, 2.45) is 17.9 Å². The second-order valence-electron chi connectivity index (χ2n) is 4.17. The zero-order valence-electron chi connectivity index (χ0n) is 11.0. The molecule has 2 aromatic heterocycles. The summed E-state index contributed by atoms with van der Waals surface area (Å²) >= 11 is 1.49. The standard InChI is InChI=1S/C12H15N5OS/c1-7-4-9(12(13)16-18)6-10(14-7)19-11-5-8(2)15-17(11)3/h4-6,18H,1-3H3,(H2,13,16). The summed E-state index contributed by atoms with van der Waals surface area (Å²) in [5.41, 5.74) is 8.02. The van der Waals surface area contributed by atoms with Crippen molar-refractivity contribution in [1.82, 2.24) is 14.8 Å². The molecule has 0 atom stereocenters. The molecule has 0 aliphatic rings. The highest BCUT2D eigenvalue weighted by Crippen LogP contribution is 2.27. The summed E-state index contributed by atoms with van der Waals surface area (Å²) in [6.07, 6.45) is 0. The van der Waals surface area contributed by atoms with Crippen LogP contribution < -0.4 is 5.73 Å². The van der Waals surface area contributed by atoms with Gasteiger partial charge in [0.1, 0.15) is 10.1 Å². The maximum absolute atomic E-state index is 8.73. The molecule has 2 rings (SSSR count). The zero-order valence-corrected chi connectivity index (χ0v) is 11.8. The van der Waals surface area contributed by atoms with Gasteiger partial charge in [-0.05, 0) is 32.0 Å². The predicted octanol–water partition coefficient (Wildman–Crippen LogP) is 1.68. The highest BCUT2D eigenvalue weighted by molar-refractivity contribution is 7.99. The SMILES string of the molecule is Cc1cc(/C(N)=N/O)cc(Sc2cc(C)nn2C)n1. The van der Waals surface area contributed by atoms with E-state index in [1.54, 1.807) is 16.8 Å². The summed E-state index contributed by atoms with van der Waals surface area (Å²) in [7, 11) is 1.88. The van der Waals surface area contributed by atoms with E-state index in [2.05, 4.69) is 15.2 Å². The first-order valence-electron chi connectivity index (χ1n) is 5.64. The van der Waals surface area contributed by atoms with E-state index >= 15 is 0 Å². The Kier molecular flexibility index (Phi) is 3.75. The second-order valence-corrected chi connectivity index (χ2v) is 5.21. The Morgan fingerprint density at radius 3 is 2.63 bits per heavy atom. The minimum absolute atomic E-state index is 0.0773. The molecular weight excluding hydrogens is 262 g/mol. The average Bonchev–Trinajstić information content (AvgIpc) is 2.66. The number of hydrogen-bond donors (Lipinski definition) is 2. The number of amidine groups is 1. The Morgan fingerprint density at radius 2 is 2.05 bits per heavy atom. The van der Waals surface area contributed by atoms with Crippen molar-refractivity contribution in [1.29, 1.82) is 0 Å². The van der Waals surface area contributed by atoms with Crippen LogP contribution in [-0.2, 0) is 7.05 Å². The van der Waals surface area contributed by atoms with Crippen LogP contribution in [-0.4, -0.2) is 25.8 Å². The van der Waals surface area contributed by atoms with Crippen molar-refractivity contribution >= 4 is 17.6 Å². The molecule has 6 nitrogen and oxygen atoms in total. The summed E-state index contributed by atoms with van der Waals surface area (Å²) in [5, 5.41) is 17.8. The quantitative estimate of drug-likeness (QED) is 0.385. The molecule has 0 aliphatic carbocycles. The van der Waals surface area contributed by atoms with Gasteiger partial charge in [0.25, 0.3) is 0 Å². The van der Waals surface area contributed by atoms with E-state index in [0.717, 1.165) is 21.4 Å². The summed E-state index contributed by atoms with van der Waals surface area (Å²) in [6.45, 7) is 3.81. The lowest BCUT2D eigenvalue weighted by Crippen LogP contribution is -2.13. The van der Waals surface area contributed by atoms with Gasteiger partial charge in [0, 0.05) is 18.3 Å². The largest absolute Gasteiger partial charge is 0.409 e. The van der Waals surface area contributed by atoms with E-state index in [1.165, 1.54) is 11.8 Å². The fraction of sp³-hybridized carbons (Fsp3) is 0.250. The molecule has 2 heterocycles. The molecule has 0 bridgehead atoms. The second kappa shape index (κ2) is 5.31. The third kappa shape index (κ3) is 3.05. The van der Waals surface area contributed by atoms with Gasteiger partial charge in [-0.2, -0.15) is 5.10 Å². The number of pyridine rings is 1. The van der Waals surface area contributed by atoms with Gasteiger partial charge in [-0.1, -0.05) is 16.9 Å². The molecule has 0 amide bonds. The molecule has 0 saturated heterocycles. The Morgan fingerprint density at radius 1 is 1.32 bits per heavy atom. The molecule has 0 radical (unpaired) electrons. The summed E-state index contributed by atoms with van der Waals surface area (Å²) in [6, 6.07) is 5.54. The van der Waals surface area contributed by atoms with Gasteiger partial charge in [0.2, 0.25) is 0 Å². The molecular formula is C12H15N5OS. The summed E-state index contributed by atoms with van der Waals surface area (Å²) in [5.74, 6) is 0.0773. The van der Waals surface area contributed by atoms with Crippen LogP contribution in [0.3, 0.4) is 0 Å². The van der Waals surface area contributed by atoms with Crippen molar-refractivity contribution in [2.45, 2.75) is 23.9 Å². The van der Waals surface area contributed by atoms with E-state index in [1.807, 2.05) is 27.0 Å². The molecule has 19 heavy (non-hydrogen) atoms. The van der Waals surface area contributed by atoms with Crippen LogP contribution in [0.25, 0.3) is 0 Å². The van der Waals surface area contributed by atoms with Gasteiger partial charge < -0.3 is 10.9 Å². The molecule has 0 unspecified atom stereocenters. The molecule has 0 saturated carbocycles. The van der Waals surface area contributed by atoms with E-state index < -0.39 is 0 Å². The van der Waals surface area contributed by atoms with Gasteiger partial charge in [-0.15, -0.1) is 0 Å². The van der Waals surface area contributed by atoms with E-state index in [4.69, 9.17) is 10.9 Å². The summed E-state index contributed by atoms with van der Waals surface area (Å²) < 4.78 is 1.80. The minimum Gasteiger partial charge on any atom is -0.409 e. The number of oxime groups is 1. The van der Waals surface area contributed by atoms with Crippen molar-refractivity contribution in [3.8, 4) is 0 Å². The first kappa shape index (κ1) is 13.4. The highest BCUT2D eigenvalue weighted by atomic mass is 32.2. The fourth-order valence-corrected chi connectivity index (χ4v) is 2.68. The van der Waals surface area contributed by atoms with Gasteiger partial charge in [-0.25, -0.2) is 4.98 Å². The monoisotopic (exact) mass is 277 g/mol. The first-order valence-corrected chi connectivity index (χ1v) is 6.46. The topological polar surface area (TPSA) is 89.3 Å². The lowest BCUT2D eigenvalue weighted by atomic mass is 10.2. The number of hydrogen-bond acceptors (Lipinski definition) is 5. The molecule has 3 N–H and O–H groups in total. The molecule has 100 valence electrons. The number of aryl methyl sites for hydroxylation is 3. The molecule has 0 aliphatic heterocycles. The van der Waals surface area contributed by atoms with Crippen LogP contribution in [0.2, 0.25) is 0 Å². The van der Waals surface area contributed by atoms with Crippen LogP contribution in [0.15, 0.2) is 33.4 Å². The summed E-state index contributed by atoms with van der Waals surface area (Å²) in [4.78, 5) is 4.43. The minimum atomic E-state index is 0.0773. The Labute approximate surface area is 115 Å². The number of nitrogens with zero attached hydrogens (tertiary/aromatic N) is 4. The third-order valence-corrected chi connectivity index (χ3v) is 3.51. The van der Waals surface area contributed by atoms with Crippen molar-refractivity contribution < 1.29 is 5.21 Å². The number of aromatic nitrogens is 3. The van der Waals surface area contributed by atoms with Gasteiger partial charge in [0.05, 0.1) is 5.69 Å². The van der Waals surface area contributed by atoms with Gasteiger partial charge >= 0.3 is 0 Å². The molecule has 7 heteroatoms. The van der Waals surface area contributed by atoms with Crippen molar-refractivity contribution in [3.05, 3.63) is 35.2 Å². The van der Waals surface area contributed by atoms with E-state index in [9.17, 15) is 0 Å². The third-order valence-electron chi connectivity index (χ3n) is 2.50. The fourth-order valence-electron chi connectivity index (χ4n) is 1.69. The number of rotatable bonds is 3. The molecule has 0 fully saturated rings. The van der Waals surface area contributed by atoms with Crippen LogP contribution in [0, 0.1) is 13.8 Å². The predicted molar refractivity (Wildman–Crippen MR) is 73.6 cm³/mol. The highest BCUT2D eigenvalue weighted by Gasteiger charge is 2.09. The Balaban J connectivity index is 2.35. The van der Waals surface area contributed by atoms with E-state index in [0.29, 0.717) is 5.56 Å². The van der Waals surface area contributed by atoms with Crippen LogP contribution in [0.4, 0.5) is 0 Å². The zero-order chi connectivity index (χ0) is 14.0. The van der Waals surface area contributed by atoms with Crippen molar-refractivity contribution in [3.63, 3.8) is 0 Å². The van der Waals surface area contributed by atoms with Crippen LogP contribution >= 0.6 is 11.8 Å². The van der Waals surface area contributed by atoms with Gasteiger partial charge in [0.15, 0.2) is 5.84 Å². The maximum Gasteiger partial charge on any atom is 0.170 e. The lowest BCUT2D eigenvalue weighted by molar-refractivity contribution is 0.318.